The van der Waals surface area contributed by atoms with Crippen LogP contribution in [0.2, 0.25) is 0 Å². The number of hydrogen-bond donors (Lipinski definition) is 1. The lowest BCUT2D eigenvalue weighted by Crippen LogP contribution is -2.41. The van der Waals surface area contributed by atoms with Crippen molar-refractivity contribution >= 4 is 17.5 Å². The molecule has 0 saturated carbocycles. The highest BCUT2D eigenvalue weighted by Crippen LogP contribution is 2.20. The van der Waals surface area contributed by atoms with Gasteiger partial charge in [0.25, 0.3) is 11.8 Å². The Hall–Kier alpha value is -3.66. The van der Waals surface area contributed by atoms with Crippen LogP contribution in [-0.2, 0) is 18.0 Å². The highest BCUT2D eigenvalue weighted by molar-refractivity contribution is 6.07. The van der Waals surface area contributed by atoms with Gasteiger partial charge in [0.15, 0.2) is 12.4 Å². The minimum absolute atomic E-state index is 0.172. The number of benzene rings is 1. The summed E-state index contributed by atoms with van der Waals surface area (Å²) in [5.74, 6) is 0.160. The van der Waals surface area contributed by atoms with E-state index in [4.69, 9.17) is 9.47 Å². The fourth-order valence-corrected chi connectivity index (χ4v) is 3.70. The molecule has 1 aromatic carbocycles. The van der Waals surface area contributed by atoms with Crippen LogP contribution in [0, 0.1) is 13.8 Å². The van der Waals surface area contributed by atoms with Gasteiger partial charge in [0.2, 0.25) is 0 Å². The van der Waals surface area contributed by atoms with Gasteiger partial charge in [-0.15, -0.1) is 0 Å². The number of hydrogen-bond acceptors (Lipinski definition) is 6. The van der Waals surface area contributed by atoms with Crippen LogP contribution < -0.4 is 10.1 Å². The van der Waals surface area contributed by atoms with Crippen LogP contribution in [0.25, 0.3) is 0 Å². The van der Waals surface area contributed by atoms with Crippen molar-refractivity contribution in [3.05, 3.63) is 59.2 Å². The van der Waals surface area contributed by atoms with E-state index in [-0.39, 0.29) is 18.3 Å². The van der Waals surface area contributed by atoms with E-state index in [1.54, 1.807) is 26.5 Å². The molecular weight excluding hydrogens is 424 g/mol. The summed E-state index contributed by atoms with van der Waals surface area (Å²) in [6, 6.07) is 7.55. The number of rotatable bonds is 7. The normalized spacial score (nSPS) is 13.7. The fourth-order valence-electron chi connectivity index (χ4n) is 3.70. The first-order valence-corrected chi connectivity index (χ1v) is 10.9. The smallest absolute Gasteiger partial charge is 0.276 e. The molecule has 0 atom stereocenters. The molecule has 1 saturated heterocycles. The third kappa shape index (κ3) is 5.06. The molecule has 0 radical (unpaired) electrons. The SMILES string of the molecule is CCn1ncc(NC(=O)c2ccn(COc3ccc(C)cc3C)n2)c1C(=O)N1CCOCC1. The van der Waals surface area contributed by atoms with E-state index in [0.717, 1.165) is 16.9 Å². The Morgan fingerprint density at radius 1 is 1.18 bits per heavy atom. The molecule has 0 aliphatic carbocycles. The molecule has 3 aromatic rings. The second-order valence-corrected chi connectivity index (χ2v) is 7.86. The molecule has 2 amide bonds. The van der Waals surface area contributed by atoms with Gasteiger partial charge >= 0.3 is 0 Å². The predicted molar refractivity (Wildman–Crippen MR) is 121 cm³/mol. The fraction of sp³-hybridized carbons (Fsp3) is 0.391. The number of amides is 2. The first-order chi connectivity index (χ1) is 16.0. The highest BCUT2D eigenvalue weighted by Gasteiger charge is 2.26. The second kappa shape index (κ2) is 9.86. The van der Waals surface area contributed by atoms with Gasteiger partial charge in [-0.3, -0.25) is 14.3 Å². The Labute approximate surface area is 192 Å². The molecule has 1 aliphatic heterocycles. The van der Waals surface area contributed by atoms with Crippen LogP contribution >= 0.6 is 0 Å². The molecule has 1 fully saturated rings. The average molecular weight is 453 g/mol. The van der Waals surface area contributed by atoms with Gasteiger partial charge in [-0.25, -0.2) is 4.68 Å². The monoisotopic (exact) mass is 452 g/mol. The largest absolute Gasteiger partial charge is 0.471 e. The zero-order valence-electron chi connectivity index (χ0n) is 19.1. The average Bonchev–Trinajstić information content (AvgIpc) is 3.45. The number of nitrogens with one attached hydrogen (secondary N) is 1. The van der Waals surface area contributed by atoms with Crippen LogP contribution in [0.4, 0.5) is 5.69 Å². The van der Waals surface area contributed by atoms with Gasteiger partial charge in [0.1, 0.15) is 11.4 Å². The van der Waals surface area contributed by atoms with Gasteiger partial charge in [-0.05, 0) is 38.5 Å². The Balaban J connectivity index is 1.44. The lowest BCUT2D eigenvalue weighted by Gasteiger charge is -2.27. The number of carbonyl (C=O) groups is 2. The molecule has 1 aliphatic rings. The molecule has 10 nitrogen and oxygen atoms in total. The van der Waals surface area contributed by atoms with Crippen LogP contribution in [0.1, 0.15) is 39.0 Å². The molecule has 174 valence electrons. The molecule has 0 unspecified atom stereocenters. The highest BCUT2D eigenvalue weighted by atomic mass is 16.5. The van der Waals surface area contributed by atoms with E-state index in [1.807, 2.05) is 39.0 Å². The molecule has 0 bridgehead atoms. The van der Waals surface area contributed by atoms with Gasteiger partial charge in [-0.1, -0.05) is 17.7 Å². The minimum Gasteiger partial charge on any atom is -0.471 e. The van der Waals surface area contributed by atoms with Gasteiger partial charge in [0.05, 0.1) is 25.1 Å². The van der Waals surface area contributed by atoms with Gasteiger partial charge in [-0.2, -0.15) is 10.2 Å². The quantitative estimate of drug-likeness (QED) is 0.591. The summed E-state index contributed by atoms with van der Waals surface area (Å²) >= 11 is 0. The Morgan fingerprint density at radius 3 is 2.70 bits per heavy atom. The van der Waals surface area contributed by atoms with Crippen molar-refractivity contribution in [1.29, 1.82) is 0 Å². The molecule has 2 aromatic heterocycles. The lowest BCUT2D eigenvalue weighted by atomic mass is 10.1. The second-order valence-electron chi connectivity index (χ2n) is 7.86. The number of aromatic nitrogens is 4. The molecule has 10 heteroatoms. The van der Waals surface area contributed by atoms with Crippen molar-refractivity contribution in [1.82, 2.24) is 24.5 Å². The van der Waals surface area contributed by atoms with E-state index in [1.165, 1.54) is 6.20 Å². The third-order valence-corrected chi connectivity index (χ3v) is 5.44. The first kappa shape index (κ1) is 22.5. The maximum absolute atomic E-state index is 13.1. The summed E-state index contributed by atoms with van der Waals surface area (Å²) in [7, 11) is 0. The minimum atomic E-state index is -0.424. The summed E-state index contributed by atoms with van der Waals surface area (Å²) in [6.45, 7) is 8.59. The van der Waals surface area contributed by atoms with Crippen molar-refractivity contribution in [2.24, 2.45) is 0 Å². The molecule has 1 N–H and O–H groups in total. The number of nitrogens with zero attached hydrogens (tertiary/aromatic N) is 5. The summed E-state index contributed by atoms with van der Waals surface area (Å²) in [5.41, 5.74) is 3.12. The molecule has 4 rings (SSSR count). The number of carbonyl (C=O) groups excluding carboxylic acids is 2. The van der Waals surface area contributed by atoms with Crippen molar-refractivity contribution < 1.29 is 19.1 Å². The molecular formula is C23H28N6O4. The first-order valence-electron chi connectivity index (χ1n) is 10.9. The standard InChI is InChI=1S/C23H28N6O4/c1-4-29-21(23(31)27-9-11-32-12-10-27)19(14-24-29)25-22(30)18-7-8-28(26-18)15-33-20-6-5-16(2)13-17(20)3/h5-8,13-14H,4,9-12,15H2,1-3H3,(H,25,30). The van der Waals surface area contributed by atoms with E-state index >= 15 is 0 Å². The van der Waals surface area contributed by atoms with E-state index in [2.05, 4.69) is 15.5 Å². The molecule has 0 spiro atoms. The number of anilines is 1. The number of ether oxygens (including phenoxy) is 2. The third-order valence-electron chi connectivity index (χ3n) is 5.44. The van der Waals surface area contributed by atoms with Crippen LogP contribution in [0.3, 0.4) is 0 Å². The molecule has 3 heterocycles. The Kier molecular flexibility index (Phi) is 6.74. The number of aryl methyl sites for hydroxylation is 3. The van der Waals surface area contributed by atoms with Crippen LogP contribution in [0.5, 0.6) is 5.75 Å². The summed E-state index contributed by atoms with van der Waals surface area (Å²) in [6.07, 6.45) is 3.17. The van der Waals surface area contributed by atoms with Gasteiger partial charge in [0, 0.05) is 25.8 Å². The zero-order valence-corrected chi connectivity index (χ0v) is 19.1. The summed E-state index contributed by atoms with van der Waals surface area (Å²) in [5, 5.41) is 11.3. The van der Waals surface area contributed by atoms with Crippen molar-refractivity contribution in [3.8, 4) is 5.75 Å². The van der Waals surface area contributed by atoms with Crippen LogP contribution in [-0.4, -0.2) is 62.6 Å². The summed E-state index contributed by atoms with van der Waals surface area (Å²) < 4.78 is 14.3. The number of morpholine rings is 1. The van der Waals surface area contributed by atoms with Crippen molar-refractivity contribution in [3.63, 3.8) is 0 Å². The van der Waals surface area contributed by atoms with E-state index in [0.29, 0.717) is 44.2 Å². The topological polar surface area (TPSA) is 104 Å². The maximum Gasteiger partial charge on any atom is 0.276 e. The van der Waals surface area contributed by atoms with E-state index in [9.17, 15) is 9.59 Å². The molecule has 33 heavy (non-hydrogen) atoms. The van der Waals surface area contributed by atoms with E-state index < -0.39 is 5.91 Å². The van der Waals surface area contributed by atoms with Gasteiger partial charge < -0.3 is 19.7 Å². The zero-order chi connectivity index (χ0) is 23.4. The van der Waals surface area contributed by atoms with Crippen molar-refractivity contribution in [2.45, 2.75) is 34.0 Å². The maximum atomic E-state index is 13.1. The predicted octanol–water partition coefficient (Wildman–Crippen LogP) is 2.48. The van der Waals surface area contributed by atoms with Crippen LogP contribution in [0.15, 0.2) is 36.7 Å². The Bertz CT molecular complexity index is 1150. The summed E-state index contributed by atoms with van der Waals surface area (Å²) in [4.78, 5) is 27.6. The Morgan fingerprint density at radius 2 is 1.97 bits per heavy atom. The van der Waals surface area contributed by atoms with Crippen molar-refractivity contribution in [2.75, 3.05) is 31.6 Å². The lowest BCUT2D eigenvalue weighted by molar-refractivity contribution is 0.0295.